The fourth-order valence-electron chi connectivity index (χ4n) is 2.37. The molecule has 3 rings (SSSR count). The monoisotopic (exact) mass is 487 g/mol. The minimum atomic E-state index is -3.78. The highest BCUT2D eigenvalue weighted by molar-refractivity contribution is 9.11. The normalized spacial score (nSPS) is 13.6. The number of ether oxygens (including phenoxy) is 2. The molecule has 1 N–H and O–H groups in total. The third kappa shape index (κ3) is 4.51. The lowest BCUT2D eigenvalue weighted by molar-refractivity contribution is -0.427. The largest absolute Gasteiger partial charge is 0.490 e. The Labute approximate surface area is 173 Å². The lowest BCUT2D eigenvalue weighted by Gasteiger charge is -2.18. The van der Waals surface area contributed by atoms with E-state index in [0.29, 0.717) is 33.0 Å². The summed E-state index contributed by atoms with van der Waals surface area (Å²) in [5.74, 6) is 0.791. The molecule has 0 spiro atoms. The van der Waals surface area contributed by atoms with Crippen LogP contribution < -0.4 is 14.3 Å². The number of hydrazone groups is 1. The van der Waals surface area contributed by atoms with Crippen molar-refractivity contribution in [2.45, 2.75) is 11.1 Å². The van der Waals surface area contributed by atoms with E-state index in [-0.39, 0.29) is 16.5 Å². The van der Waals surface area contributed by atoms with Crippen LogP contribution in [0.5, 0.6) is 11.5 Å². The van der Waals surface area contributed by atoms with E-state index in [9.17, 15) is 18.5 Å². The van der Waals surface area contributed by atoms with Crippen LogP contribution in [0.15, 0.2) is 43.1 Å². The van der Waals surface area contributed by atoms with Gasteiger partial charge in [-0.1, -0.05) is 0 Å². The average molecular weight is 488 g/mol. The smallest absolute Gasteiger partial charge is 0.286 e. The van der Waals surface area contributed by atoms with Crippen molar-refractivity contribution in [3.63, 3.8) is 0 Å². The number of halogens is 1. The Bertz CT molecular complexity index is 1080. The molecule has 0 bridgehead atoms. The van der Waals surface area contributed by atoms with Gasteiger partial charge in [0.15, 0.2) is 18.1 Å². The third-order valence-corrected chi connectivity index (χ3v) is 6.86. The highest BCUT2D eigenvalue weighted by Gasteiger charge is 2.23. The number of hydrogen-bond donors (Lipinski definition) is 1. The summed E-state index contributed by atoms with van der Waals surface area (Å²) < 4.78 is 36.2. The van der Waals surface area contributed by atoms with Crippen molar-refractivity contribution >= 4 is 49.6 Å². The molecule has 12 heteroatoms. The maximum atomic E-state index is 12.2. The summed E-state index contributed by atoms with van der Waals surface area (Å²) in [5, 5.41) is 14.8. The van der Waals surface area contributed by atoms with Gasteiger partial charge in [-0.2, -0.15) is 18.4 Å². The number of thiophene rings is 1. The first-order valence-corrected chi connectivity index (χ1v) is 11.0. The van der Waals surface area contributed by atoms with Gasteiger partial charge in [-0.15, -0.1) is 11.3 Å². The zero-order chi connectivity index (χ0) is 20.3. The topological polar surface area (TPSA) is 120 Å². The van der Waals surface area contributed by atoms with Crippen molar-refractivity contribution in [3.05, 3.63) is 55.0 Å². The van der Waals surface area contributed by atoms with E-state index in [2.05, 4.69) is 25.9 Å². The van der Waals surface area contributed by atoms with E-state index in [1.807, 2.05) is 0 Å². The highest BCUT2D eigenvalue weighted by Crippen LogP contribution is 2.37. The number of nitrogens with zero attached hydrogens (tertiary/aromatic N) is 2. The predicted molar refractivity (Wildman–Crippen MR) is 108 cm³/mol. The number of sulfonamides is 1. The summed E-state index contributed by atoms with van der Waals surface area (Å²) in [6, 6.07) is 6.30. The second kappa shape index (κ2) is 8.29. The third-order valence-electron chi connectivity index (χ3n) is 3.53. The molecule has 0 saturated heterocycles. The van der Waals surface area contributed by atoms with Crippen molar-refractivity contribution in [1.82, 2.24) is 4.83 Å². The zero-order valence-electron chi connectivity index (χ0n) is 14.4. The maximum Gasteiger partial charge on any atom is 0.286 e. The first-order valence-electron chi connectivity index (χ1n) is 7.89. The molecule has 9 nitrogen and oxygen atoms in total. The van der Waals surface area contributed by atoms with Crippen molar-refractivity contribution in [1.29, 1.82) is 0 Å². The predicted octanol–water partition coefficient (Wildman–Crippen LogP) is 3.23. The number of nitrogens with one attached hydrogen (secondary N) is 1. The van der Waals surface area contributed by atoms with Gasteiger partial charge in [-0.25, -0.2) is 0 Å². The van der Waals surface area contributed by atoms with Gasteiger partial charge >= 0.3 is 0 Å². The number of nitro groups is 1. The van der Waals surface area contributed by atoms with E-state index in [4.69, 9.17) is 9.47 Å². The van der Waals surface area contributed by atoms with Crippen molar-refractivity contribution in [3.8, 4) is 11.5 Å². The number of fused-ring (bicyclic) bond motifs is 1. The Morgan fingerprint density at radius 2 is 2.25 bits per heavy atom. The van der Waals surface area contributed by atoms with Gasteiger partial charge in [-0.3, -0.25) is 10.1 Å². The van der Waals surface area contributed by atoms with Gasteiger partial charge < -0.3 is 9.47 Å². The second-order valence-electron chi connectivity index (χ2n) is 5.46. The Hall–Kier alpha value is -2.44. The quantitative estimate of drug-likeness (QED) is 0.363. The fraction of sp³-hybridized carbons (Fsp3) is 0.188. The minimum absolute atomic E-state index is 0.0898. The van der Waals surface area contributed by atoms with Gasteiger partial charge in [0.05, 0.1) is 21.5 Å². The molecule has 0 fully saturated rings. The van der Waals surface area contributed by atoms with E-state index < -0.39 is 14.9 Å². The summed E-state index contributed by atoms with van der Waals surface area (Å²) in [5.41, 5.74) is 0.852. The Morgan fingerprint density at radius 1 is 1.46 bits per heavy atom. The van der Waals surface area contributed by atoms with Gasteiger partial charge in [0.1, 0.15) is 4.21 Å². The molecule has 0 radical (unpaired) electrons. The Balaban J connectivity index is 1.88. The standard InChI is InChI=1S/C16H14BrN3O6S2/c1-2-25-13-6-10(5-11-7-12(20(21)22)9-26-16(11)13)8-18-19-28(23,24)15-4-3-14(17)27-15/h3-8,19H,2,9H2,1H3. The van der Waals surface area contributed by atoms with E-state index in [1.54, 1.807) is 25.1 Å². The molecule has 0 aliphatic carbocycles. The van der Waals surface area contributed by atoms with Crippen LogP contribution in [0.2, 0.25) is 0 Å². The Morgan fingerprint density at radius 3 is 2.89 bits per heavy atom. The van der Waals surface area contributed by atoms with Crippen LogP contribution in [0.25, 0.3) is 6.08 Å². The van der Waals surface area contributed by atoms with Crippen LogP contribution in [-0.2, 0) is 10.0 Å². The summed E-state index contributed by atoms with van der Waals surface area (Å²) in [4.78, 5) is 12.6. The molecule has 28 heavy (non-hydrogen) atoms. The molecule has 1 aliphatic heterocycles. The second-order valence-corrected chi connectivity index (χ2v) is 9.81. The molecule has 1 aliphatic rings. The van der Waals surface area contributed by atoms with Gasteiger partial charge in [0.2, 0.25) is 0 Å². The van der Waals surface area contributed by atoms with Crippen LogP contribution in [0.4, 0.5) is 0 Å². The maximum absolute atomic E-state index is 12.2. The molecule has 2 heterocycles. The molecule has 1 aromatic carbocycles. The molecule has 2 aromatic rings. The van der Waals surface area contributed by atoms with Crippen LogP contribution >= 0.6 is 27.3 Å². The van der Waals surface area contributed by atoms with Crippen LogP contribution in [0.3, 0.4) is 0 Å². The highest BCUT2D eigenvalue weighted by atomic mass is 79.9. The minimum Gasteiger partial charge on any atom is -0.490 e. The summed E-state index contributed by atoms with van der Waals surface area (Å²) in [6.45, 7) is 1.99. The van der Waals surface area contributed by atoms with Gasteiger partial charge in [0, 0.05) is 11.6 Å². The van der Waals surface area contributed by atoms with Crippen molar-refractivity contribution in [2.75, 3.05) is 13.2 Å². The molecule has 148 valence electrons. The summed E-state index contributed by atoms with van der Waals surface area (Å²) in [7, 11) is -3.78. The van der Waals surface area contributed by atoms with E-state index in [1.165, 1.54) is 18.4 Å². The first-order chi connectivity index (χ1) is 13.3. The van der Waals surface area contributed by atoms with E-state index >= 15 is 0 Å². The lowest BCUT2D eigenvalue weighted by atomic mass is 10.1. The van der Waals surface area contributed by atoms with Gasteiger partial charge in [0.25, 0.3) is 15.7 Å². The number of rotatable bonds is 7. The van der Waals surface area contributed by atoms with Crippen molar-refractivity contribution < 1.29 is 22.8 Å². The number of hydrogen-bond acceptors (Lipinski definition) is 8. The molecule has 0 unspecified atom stereocenters. The summed E-state index contributed by atoms with van der Waals surface area (Å²) >= 11 is 4.27. The fourth-order valence-corrected chi connectivity index (χ4v) is 5.16. The van der Waals surface area contributed by atoms with Crippen LogP contribution in [0, 0.1) is 10.1 Å². The Kier molecular flexibility index (Phi) is 6.01. The summed E-state index contributed by atoms with van der Waals surface area (Å²) in [6.07, 6.45) is 2.68. The molecular weight excluding hydrogens is 474 g/mol. The SMILES string of the molecule is CCOc1cc(C=NNS(=O)(=O)c2ccc(Br)s2)cc2c1OCC([N+](=O)[O-])=C2. The first kappa shape index (κ1) is 20.3. The zero-order valence-corrected chi connectivity index (χ0v) is 17.6. The van der Waals surface area contributed by atoms with Crippen LogP contribution in [-0.4, -0.2) is 32.8 Å². The molecule has 0 atom stereocenters. The van der Waals surface area contributed by atoms with Gasteiger partial charge in [-0.05, 0) is 52.7 Å². The lowest BCUT2D eigenvalue weighted by Crippen LogP contribution is -2.17. The molecule has 0 amide bonds. The van der Waals surface area contributed by atoms with Crippen LogP contribution in [0.1, 0.15) is 18.1 Å². The average Bonchev–Trinajstić information content (AvgIpc) is 3.08. The number of benzene rings is 1. The van der Waals surface area contributed by atoms with Crippen molar-refractivity contribution in [2.24, 2.45) is 5.10 Å². The molecule has 0 saturated carbocycles. The molecule has 1 aromatic heterocycles. The molecular formula is C16H14BrN3O6S2. The van der Waals surface area contributed by atoms with E-state index in [0.717, 1.165) is 11.3 Å².